The summed E-state index contributed by atoms with van der Waals surface area (Å²) in [6.45, 7) is 4.18. The van der Waals surface area contributed by atoms with Crippen LogP contribution in [0, 0.1) is 0 Å². The maximum absolute atomic E-state index is 10.1. The average Bonchev–Trinajstić information content (AvgIpc) is 1.87. The van der Waals surface area contributed by atoms with Crippen molar-refractivity contribution >= 4 is 14.3 Å². The van der Waals surface area contributed by atoms with Crippen LogP contribution >= 0.6 is 0 Å². The van der Waals surface area contributed by atoms with Crippen molar-refractivity contribution in [2.75, 3.05) is 7.11 Å². The Labute approximate surface area is 68.5 Å². The molecule has 0 bridgehead atoms. The number of carbonyl (C=O) groups is 1. The van der Waals surface area contributed by atoms with Gasteiger partial charge in [0.15, 0.2) is 8.32 Å². The van der Waals surface area contributed by atoms with Gasteiger partial charge in [-0.1, -0.05) is 0 Å². The predicted octanol–water partition coefficient (Wildman–Crippen LogP) is 1.70. The van der Waals surface area contributed by atoms with E-state index in [2.05, 4.69) is 13.1 Å². The number of aliphatic carboxylic acids is 1. The van der Waals surface area contributed by atoms with E-state index in [-0.39, 0.29) is 6.42 Å². The van der Waals surface area contributed by atoms with E-state index in [1.54, 1.807) is 7.11 Å². The molecule has 0 saturated carbocycles. The van der Waals surface area contributed by atoms with Gasteiger partial charge < -0.3 is 9.53 Å². The molecular formula is C7H16O3Si. The third-order valence-corrected chi connectivity index (χ3v) is 4.38. The molecule has 3 nitrogen and oxygen atoms in total. The van der Waals surface area contributed by atoms with Crippen LogP contribution in [0.5, 0.6) is 0 Å². The summed E-state index contributed by atoms with van der Waals surface area (Å²) in [7, 11) is 0.194. The summed E-state index contributed by atoms with van der Waals surface area (Å²) in [5.74, 6) is -0.717. The van der Waals surface area contributed by atoms with Gasteiger partial charge >= 0.3 is 5.97 Å². The van der Waals surface area contributed by atoms with Crippen molar-refractivity contribution in [2.24, 2.45) is 0 Å². The largest absolute Gasteiger partial charge is 0.481 e. The van der Waals surface area contributed by atoms with Gasteiger partial charge in [-0.15, -0.1) is 0 Å². The van der Waals surface area contributed by atoms with Crippen LogP contribution in [0.2, 0.25) is 19.1 Å². The molecule has 0 amide bonds. The molecule has 0 rings (SSSR count). The van der Waals surface area contributed by atoms with E-state index >= 15 is 0 Å². The van der Waals surface area contributed by atoms with E-state index in [0.29, 0.717) is 0 Å². The monoisotopic (exact) mass is 176 g/mol. The molecular weight excluding hydrogens is 160 g/mol. The molecule has 0 saturated heterocycles. The number of hydrogen-bond donors (Lipinski definition) is 1. The molecule has 0 aromatic rings. The topological polar surface area (TPSA) is 46.5 Å². The maximum atomic E-state index is 10.1. The number of carboxylic acid groups (broad SMARTS) is 1. The first-order valence-electron chi connectivity index (χ1n) is 3.75. The summed E-state index contributed by atoms with van der Waals surface area (Å²) >= 11 is 0. The lowest BCUT2D eigenvalue weighted by Crippen LogP contribution is -2.28. The smallest absolute Gasteiger partial charge is 0.303 e. The van der Waals surface area contributed by atoms with E-state index in [4.69, 9.17) is 9.53 Å². The van der Waals surface area contributed by atoms with Crippen LogP contribution in [0.3, 0.4) is 0 Å². The van der Waals surface area contributed by atoms with Crippen LogP contribution in [-0.2, 0) is 9.22 Å². The predicted molar refractivity (Wildman–Crippen MR) is 46.2 cm³/mol. The maximum Gasteiger partial charge on any atom is 0.303 e. The first kappa shape index (κ1) is 10.6. The van der Waals surface area contributed by atoms with Crippen molar-refractivity contribution in [1.82, 2.24) is 0 Å². The van der Waals surface area contributed by atoms with Crippen molar-refractivity contribution < 1.29 is 14.3 Å². The van der Waals surface area contributed by atoms with Gasteiger partial charge in [-0.2, -0.15) is 0 Å². The summed E-state index contributed by atoms with van der Waals surface area (Å²) in [5.41, 5.74) is 0. The third-order valence-electron chi connectivity index (χ3n) is 1.72. The van der Waals surface area contributed by atoms with Crippen LogP contribution in [0.15, 0.2) is 0 Å². The molecule has 0 fully saturated rings. The standard InChI is InChI=1S/C7H16O3Si/c1-10-11(2,3)6-4-5-7(8)9/h4-6H2,1-3H3,(H,8,9). The second kappa shape index (κ2) is 4.51. The zero-order chi connectivity index (χ0) is 8.91. The van der Waals surface area contributed by atoms with Crippen molar-refractivity contribution in [3.63, 3.8) is 0 Å². The van der Waals surface area contributed by atoms with Gasteiger partial charge in [-0.3, -0.25) is 4.79 Å². The molecule has 66 valence electrons. The van der Waals surface area contributed by atoms with Crippen molar-refractivity contribution in [2.45, 2.75) is 32.0 Å². The normalized spacial score (nSPS) is 11.5. The summed E-state index contributed by atoms with van der Waals surface area (Å²) in [5, 5.41) is 8.36. The average molecular weight is 176 g/mol. The summed E-state index contributed by atoms with van der Waals surface area (Å²) in [6, 6.07) is 0.926. The number of hydrogen-bond acceptors (Lipinski definition) is 2. The molecule has 0 aliphatic rings. The summed E-state index contributed by atoms with van der Waals surface area (Å²) < 4.78 is 5.27. The Kier molecular flexibility index (Phi) is 4.36. The van der Waals surface area contributed by atoms with Crippen LogP contribution in [0.1, 0.15) is 12.8 Å². The number of carboxylic acids is 1. The zero-order valence-corrected chi connectivity index (χ0v) is 8.39. The molecule has 0 spiro atoms. The highest BCUT2D eigenvalue weighted by Crippen LogP contribution is 2.13. The Morgan fingerprint density at radius 3 is 2.45 bits per heavy atom. The number of rotatable bonds is 5. The second-order valence-electron chi connectivity index (χ2n) is 3.21. The quantitative estimate of drug-likeness (QED) is 0.649. The molecule has 0 radical (unpaired) electrons. The molecule has 0 aliphatic heterocycles. The minimum Gasteiger partial charge on any atom is -0.481 e. The Hall–Kier alpha value is -0.353. The molecule has 0 heterocycles. The summed E-state index contributed by atoms with van der Waals surface area (Å²) in [4.78, 5) is 10.1. The lowest BCUT2D eigenvalue weighted by Gasteiger charge is -2.18. The zero-order valence-electron chi connectivity index (χ0n) is 7.39. The minimum absolute atomic E-state index is 0.264. The van der Waals surface area contributed by atoms with E-state index in [1.165, 1.54) is 0 Å². The Bertz CT molecular complexity index is 134. The minimum atomic E-state index is -1.51. The highest BCUT2D eigenvalue weighted by molar-refractivity contribution is 6.71. The molecule has 0 unspecified atom stereocenters. The first-order chi connectivity index (χ1) is 4.98. The molecule has 0 atom stereocenters. The molecule has 0 aliphatic carbocycles. The fourth-order valence-electron chi connectivity index (χ4n) is 0.767. The van der Waals surface area contributed by atoms with Crippen LogP contribution < -0.4 is 0 Å². The second-order valence-corrected chi connectivity index (χ2v) is 7.64. The molecule has 1 N–H and O–H groups in total. The van der Waals surface area contributed by atoms with Crippen LogP contribution in [0.4, 0.5) is 0 Å². The highest BCUT2D eigenvalue weighted by atomic mass is 28.4. The van der Waals surface area contributed by atoms with E-state index in [0.717, 1.165) is 12.5 Å². The fourth-order valence-corrected chi connectivity index (χ4v) is 2.00. The molecule has 0 aromatic heterocycles. The van der Waals surface area contributed by atoms with E-state index < -0.39 is 14.3 Å². The van der Waals surface area contributed by atoms with Crippen molar-refractivity contribution in [1.29, 1.82) is 0 Å². The third kappa shape index (κ3) is 6.06. The van der Waals surface area contributed by atoms with E-state index in [1.807, 2.05) is 0 Å². The van der Waals surface area contributed by atoms with E-state index in [9.17, 15) is 4.79 Å². The van der Waals surface area contributed by atoms with Gasteiger partial charge in [0.1, 0.15) is 0 Å². The van der Waals surface area contributed by atoms with Gasteiger partial charge in [0, 0.05) is 13.5 Å². The highest BCUT2D eigenvalue weighted by Gasteiger charge is 2.19. The lowest BCUT2D eigenvalue weighted by atomic mass is 10.3. The van der Waals surface area contributed by atoms with Crippen LogP contribution in [-0.4, -0.2) is 26.5 Å². The van der Waals surface area contributed by atoms with Gasteiger partial charge in [-0.05, 0) is 25.6 Å². The van der Waals surface area contributed by atoms with Gasteiger partial charge in [0.05, 0.1) is 0 Å². The Morgan fingerprint density at radius 1 is 1.55 bits per heavy atom. The first-order valence-corrected chi connectivity index (χ1v) is 6.86. The fraction of sp³-hybridized carbons (Fsp3) is 0.857. The lowest BCUT2D eigenvalue weighted by molar-refractivity contribution is -0.137. The van der Waals surface area contributed by atoms with Crippen LogP contribution in [0.25, 0.3) is 0 Å². The van der Waals surface area contributed by atoms with Gasteiger partial charge in [0.25, 0.3) is 0 Å². The van der Waals surface area contributed by atoms with Crippen molar-refractivity contribution in [3.8, 4) is 0 Å². The Morgan fingerprint density at radius 2 is 2.09 bits per heavy atom. The Balaban J connectivity index is 3.45. The van der Waals surface area contributed by atoms with Gasteiger partial charge in [0.2, 0.25) is 0 Å². The molecule has 0 aromatic carbocycles. The SMILES string of the molecule is CO[Si](C)(C)CCCC(=O)O. The molecule has 4 heteroatoms. The summed E-state index contributed by atoms with van der Waals surface area (Å²) in [6.07, 6.45) is 1.00. The van der Waals surface area contributed by atoms with Gasteiger partial charge in [-0.25, -0.2) is 0 Å². The van der Waals surface area contributed by atoms with Crippen molar-refractivity contribution in [3.05, 3.63) is 0 Å². The molecule has 11 heavy (non-hydrogen) atoms.